The van der Waals surface area contributed by atoms with E-state index >= 15 is 0 Å². The van der Waals surface area contributed by atoms with Gasteiger partial charge >= 0.3 is 0 Å². The van der Waals surface area contributed by atoms with Crippen LogP contribution in [-0.4, -0.2) is 24.3 Å². The quantitative estimate of drug-likeness (QED) is 0.236. The van der Waals surface area contributed by atoms with Crippen LogP contribution in [0.5, 0.6) is 0 Å². The van der Waals surface area contributed by atoms with Crippen molar-refractivity contribution < 1.29 is 0 Å². The molecule has 0 bridgehead atoms. The maximum Gasteiger partial charge on any atom is 0.165 e. The van der Waals surface area contributed by atoms with Gasteiger partial charge in [0, 0.05) is 35.9 Å². The summed E-state index contributed by atoms with van der Waals surface area (Å²) in [5, 5.41) is 21.5. The van der Waals surface area contributed by atoms with Crippen molar-refractivity contribution in [3.8, 4) is 28.3 Å². The molecule has 0 saturated heterocycles. The molecule has 8 heteroatoms. The van der Waals surface area contributed by atoms with Crippen LogP contribution in [0.25, 0.3) is 38.9 Å². The van der Waals surface area contributed by atoms with E-state index in [2.05, 4.69) is 31.3 Å². The fourth-order valence-corrected chi connectivity index (χ4v) is 4.46. The fourth-order valence-electron chi connectivity index (χ4n) is 4.46. The van der Waals surface area contributed by atoms with Crippen LogP contribution < -0.4 is 10.8 Å². The van der Waals surface area contributed by atoms with E-state index in [4.69, 9.17) is 5.41 Å². The van der Waals surface area contributed by atoms with Gasteiger partial charge in [-0.2, -0.15) is 5.26 Å². The summed E-state index contributed by atoms with van der Waals surface area (Å²) in [6.07, 6.45) is 7.09. The normalized spacial score (nSPS) is 10.5. The molecule has 42 heavy (non-hydrogen) atoms. The summed E-state index contributed by atoms with van der Waals surface area (Å²) in [5.74, 6) is 1.17. The number of aromatic nitrogens is 5. The lowest BCUT2D eigenvalue weighted by atomic mass is 10.1. The summed E-state index contributed by atoms with van der Waals surface area (Å²) in [6.45, 7) is 0. The van der Waals surface area contributed by atoms with Crippen molar-refractivity contribution in [3.05, 3.63) is 145 Å². The molecular formula is C34H24N8. The highest BCUT2D eigenvalue weighted by Gasteiger charge is 2.08. The van der Waals surface area contributed by atoms with E-state index in [9.17, 15) is 5.26 Å². The SMILES string of the molecule is N#Cc1cc(-c2ccccc2)cnc1Nc1ccccn1.N=c1c2cc(-c3ccccc3)cnc2nc2ccccn12. The second kappa shape index (κ2) is 11.9. The Hall–Kier alpha value is -6.20. The number of nitrogens with zero attached hydrogens (tertiary/aromatic N) is 6. The number of benzene rings is 2. The highest BCUT2D eigenvalue weighted by Crippen LogP contribution is 2.24. The zero-order chi connectivity index (χ0) is 28.7. The molecule has 0 radical (unpaired) electrons. The molecule has 200 valence electrons. The third kappa shape index (κ3) is 5.57. The number of fused-ring (bicyclic) bond motifs is 2. The van der Waals surface area contributed by atoms with Gasteiger partial charge < -0.3 is 5.32 Å². The Labute approximate surface area is 241 Å². The van der Waals surface area contributed by atoms with Crippen molar-refractivity contribution >= 4 is 28.3 Å². The number of nitrogens with one attached hydrogen (secondary N) is 2. The molecule has 0 atom stereocenters. The number of anilines is 2. The van der Waals surface area contributed by atoms with Gasteiger partial charge in [-0.3, -0.25) is 9.81 Å². The molecule has 5 aromatic heterocycles. The first-order valence-corrected chi connectivity index (χ1v) is 13.2. The van der Waals surface area contributed by atoms with Gasteiger partial charge in [0.15, 0.2) is 5.65 Å². The lowest BCUT2D eigenvalue weighted by Gasteiger charge is -2.08. The van der Waals surface area contributed by atoms with Gasteiger partial charge in [-0.25, -0.2) is 19.9 Å². The molecule has 0 aliphatic rings. The van der Waals surface area contributed by atoms with Crippen LogP contribution >= 0.6 is 0 Å². The van der Waals surface area contributed by atoms with Crippen molar-refractivity contribution in [2.45, 2.75) is 0 Å². The molecule has 0 saturated carbocycles. The van der Waals surface area contributed by atoms with E-state index in [1.165, 1.54) is 0 Å². The van der Waals surface area contributed by atoms with Gasteiger partial charge in [0.1, 0.15) is 28.8 Å². The Kier molecular flexibility index (Phi) is 7.38. The molecule has 2 aromatic carbocycles. The predicted molar refractivity (Wildman–Crippen MR) is 164 cm³/mol. The smallest absolute Gasteiger partial charge is 0.165 e. The van der Waals surface area contributed by atoms with Gasteiger partial charge in [-0.05, 0) is 47.5 Å². The van der Waals surface area contributed by atoms with Crippen LogP contribution in [0.15, 0.2) is 134 Å². The average Bonchev–Trinajstić information content (AvgIpc) is 3.06. The molecule has 0 aliphatic heterocycles. The summed E-state index contributed by atoms with van der Waals surface area (Å²) in [5.41, 5.74) is 6.26. The van der Waals surface area contributed by atoms with Gasteiger partial charge in [0.05, 0.1) is 10.9 Å². The number of hydrogen-bond donors (Lipinski definition) is 2. The summed E-state index contributed by atoms with van der Waals surface area (Å²) < 4.78 is 1.76. The number of rotatable bonds is 4. The number of nitriles is 1. The molecule has 5 heterocycles. The minimum atomic E-state index is 0.404. The second-order valence-corrected chi connectivity index (χ2v) is 9.29. The van der Waals surface area contributed by atoms with Gasteiger partial charge in [0.25, 0.3) is 0 Å². The minimum absolute atomic E-state index is 0.404. The van der Waals surface area contributed by atoms with Gasteiger partial charge in [-0.1, -0.05) is 72.8 Å². The van der Waals surface area contributed by atoms with Crippen molar-refractivity contribution in [1.82, 2.24) is 24.3 Å². The van der Waals surface area contributed by atoms with Crippen LogP contribution in [0, 0.1) is 16.7 Å². The van der Waals surface area contributed by atoms with Gasteiger partial charge in [-0.15, -0.1) is 0 Å². The van der Waals surface area contributed by atoms with E-state index in [-0.39, 0.29) is 0 Å². The predicted octanol–water partition coefficient (Wildman–Crippen LogP) is 6.79. The third-order valence-corrected chi connectivity index (χ3v) is 6.56. The lowest BCUT2D eigenvalue weighted by molar-refractivity contribution is 0.996. The zero-order valence-electron chi connectivity index (χ0n) is 22.4. The maximum absolute atomic E-state index is 9.32. The first-order chi connectivity index (χ1) is 20.7. The van der Waals surface area contributed by atoms with E-state index in [1.54, 1.807) is 16.8 Å². The highest BCUT2D eigenvalue weighted by molar-refractivity contribution is 5.81. The summed E-state index contributed by atoms with van der Waals surface area (Å²) >= 11 is 0. The number of pyridine rings is 4. The molecule has 0 unspecified atom stereocenters. The summed E-state index contributed by atoms with van der Waals surface area (Å²) in [6, 6.07) is 37.1. The molecule has 7 rings (SSSR count). The van der Waals surface area contributed by atoms with E-state index in [0.717, 1.165) is 33.3 Å². The topological polar surface area (TPSA) is 116 Å². The Morgan fingerprint density at radius 1 is 0.690 bits per heavy atom. The van der Waals surface area contributed by atoms with Gasteiger partial charge in [0.2, 0.25) is 0 Å². The van der Waals surface area contributed by atoms with E-state index < -0.39 is 0 Å². The molecule has 0 amide bonds. The maximum atomic E-state index is 9.32. The standard InChI is InChI=1S/2C17H12N4/c18-16-14-10-13(12-6-2-1-3-7-12)11-19-17(14)20-15-8-4-5-9-21(15)16;18-11-14-10-15(13-6-2-1-3-7-13)12-20-17(14)21-16-8-4-5-9-19-16/h1-11,18H;1-10,12H,(H,19,20,21). The third-order valence-electron chi connectivity index (χ3n) is 6.56. The first kappa shape index (κ1) is 26.0. The summed E-state index contributed by atoms with van der Waals surface area (Å²) in [7, 11) is 0. The highest BCUT2D eigenvalue weighted by atomic mass is 15.1. The van der Waals surface area contributed by atoms with Crippen molar-refractivity contribution in [3.63, 3.8) is 0 Å². The molecule has 0 aliphatic carbocycles. The monoisotopic (exact) mass is 544 g/mol. The number of hydrogen-bond acceptors (Lipinski definition) is 7. The molecule has 2 N–H and O–H groups in total. The molecular weight excluding hydrogens is 520 g/mol. The van der Waals surface area contributed by atoms with E-state index in [1.807, 2.05) is 122 Å². The summed E-state index contributed by atoms with van der Waals surface area (Å²) in [4.78, 5) is 17.4. The van der Waals surface area contributed by atoms with Crippen LogP contribution in [-0.2, 0) is 0 Å². The van der Waals surface area contributed by atoms with Crippen LogP contribution in [0.2, 0.25) is 0 Å². The van der Waals surface area contributed by atoms with Crippen LogP contribution in [0.1, 0.15) is 5.56 Å². The van der Waals surface area contributed by atoms with Crippen molar-refractivity contribution in [1.29, 1.82) is 10.7 Å². The van der Waals surface area contributed by atoms with E-state index in [0.29, 0.717) is 28.3 Å². The Balaban J connectivity index is 0.000000150. The largest absolute Gasteiger partial charge is 0.324 e. The Bertz CT molecular complexity index is 2090. The van der Waals surface area contributed by atoms with Crippen LogP contribution in [0.3, 0.4) is 0 Å². The lowest BCUT2D eigenvalue weighted by Crippen LogP contribution is -2.15. The Morgan fingerprint density at radius 2 is 1.36 bits per heavy atom. The van der Waals surface area contributed by atoms with Crippen molar-refractivity contribution in [2.75, 3.05) is 5.32 Å². The molecule has 7 aromatic rings. The first-order valence-electron chi connectivity index (χ1n) is 13.2. The molecule has 8 nitrogen and oxygen atoms in total. The fraction of sp³-hybridized carbons (Fsp3) is 0. The average molecular weight is 545 g/mol. The van der Waals surface area contributed by atoms with Crippen LogP contribution in [0.4, 0.5) is 11.6 Å². The Morgan fingerprint density at radius 3 is 2.05 bits per heavy atom. The molecule has 0 fully saturated rings. The zero-order valence-corrected chi connectivity index (χ0v) is 22.4. The van der Waals surface area contributed by atoms with Crippen molar-refractivity contribution in [2.24, 2.45) is 0 Å². The second-order valence-electron chi connectivity index (χ2n) is 9.29. The minimum Gasteiger partial charge on any atom is -0.324 e. The molecule has 0 spiro atoms.